The molecule has 0 bridgehead atoms. The van der Waals surface area contributed by atoms with Crippen molar-refractivity contribution >= 4 is 0 Å². The average molecular weight is 238 g/mol. The van der Waals surface area contributed by atoms with Crippen molar-refractivity contribution in [1.82, 2.24) is 20.3 Å². The monoisotopic (exact) mass is 238 g/mol. The van der Waals surface area contributed by atoms with Gasteiger partial charge < -0.3 is 5.32 Å². The van der Waals surface area contributed by atoms with Crippen molar-refractivity contribution in [2.75, 3.05) is 6.54 Å². The number of nitrogens with zero attached hydrogens (tertiary/aromatic N) is 3. The van der Waals surface area contributed by atoms with E-state index in [-0.39, 0.29) is 13.1 Å². The number of nitrogens with one attached hydrogen (secondary N) is 1. The van der Waals surface area contributed by atoms with Gasteiger partial charge >= 0.3 is 0 Å². The van der Waals surface area contributed by atoms with Crippen LogP contribution in [0, 0.1) is 0 Å². The maximum Gasteiger partial charge on any atom is 0.250 e. The molecule has 0 amide bonds. The Morgan fingerprint density at radius 1 is 1.24 bits per heavy atom. The van der Waals surface area contributed by atoms with Crippen molar-refractivity contribution in [2.45, 2.75) is 13.0 Å². The molecule has 90 valence electrons. The Bertz CT molecular complexity index is 456. The summed E-state index contributed by atoms with van der Waals surface area (Å²) in [6.45, 7) is -0.0463. The van der Waals surface area contributed by atoms with Crippen molar-refractivity contribution in [3.63, 3.8) is 0 Å². The summed E-state index contributed by atoms with van der Waals surface area (Å²) in [6, 6.07) is 9.41. The molecule has 1 aromatic heterocycles. The van der Waals surface area contributed by atoms with Gasteiger partial charge in [0.1, 0.15) is 0 Å². The van der Waals surface area contributed by atoms with Crippen LogP contribution in [0.25, 0.3) is 5.69 Å². The van der Waals surface area contributed by atoms with Gasteiger partial charge in [0.15, 0.2) is 0 Å². The van der Waals surface area contributed by atoms with Crippen LogP contribution < -0.4 is 5.32 Å². The molecular weight excluding hydrogens is 226 g/mol. The van der Waals surface area contributed by atoms with Crippen molar-refractivity contribution in [1.29, 1.82) is 0 Å². The topological polar surface area (TPSA) is 42.7 Å². The van der Waals surface area contributed by atoms with Gasteiger partial charge in [0.05, 0.1) is 24.1 Å². The van der Waals surface area contributed by atoms with Crippen LogP contribution in [0.3, 0.4) is 0 Å². The molecule has 1 heterocycles. The molecule has 0 aliphatic heterocycles. The molecule has 0 radical (unpaired) electrons. The summed E-state index contributed by atoms with van der Waals surface area (Å²) in [6.07, 6.45) is -0.787. The Kier molecular flexibility index (Phi) is 3.77. The van der Waals surface area contributed by atoms with E-state index in [1.807, 2.05) is 30.3 Å². The highest BCUT2D eigenvalue weighted by Crippen LogP contribution is 2.04. The van der Waals surface area contributed by atoms with Crippen LogP contribution in [-0.2, 0) is 6.54 Å². The highest BCUT2D eigenvalue weighted by atomic mass is 19.3. The van der Waals surface area contributed by atoms with Crippen molar-refractivity contribution in [2.24, 2.45) is 0 Å². The second kappa shape index (κ2) is 5.49. The number of halogens is 2. The smallest absolute Gasteiger partial charge is 0.250 e. The number of para-hydroxylation sites is 1. The number of rotatable bonds is 5. The minimum absolute atomic E-state index is 0.289. The van der Waals surface area contributed by atoms with E-state index in [4.69, 9.17) is 0 Å². The zero-order valence-electron chi connectivity index (χ0n) is 9.05. The van der Waals surface area contributed by atoms with E-state index in [9.17, 15) is 8.78 Å². The van der Waals surface area contributed by atoms with Gasteiger partial charge in [-0.2, -0.15) is 15.0 Å². The fourth-order valence-electron chi connectivity index (χ4n) is 1.37. The van der Waals surface area contributed by atoms with Gasteiger partial charge in [-0.15, -0.1) is 0 Å². The van der Waals surface area contributed by atoms with E-state index in [2.05, 4.69) is 15.5 Å². The van der Waals surface area contributed by atoms with Crippen LogP contribution in [0.1, 0.15) is 5.69 Å². The second-order valence-corrected chi connectivity index (χ2v) is 3.48. The summed E-state index contributed by atoms with van der Waals surface area (Å²) in [5.74, 6) is 0. The Hall–Kier alpha value is -1.82. The molecule has 17 heavy (non-hydrogen) atoms. The Morgan fingerprint density at radius 2 is 2.00 bits per heavy atom. The van der Waals surface area contributed by atoms with E-state index in [0.717, 1.165) is 5.69 Å². The lowest BCUT2D eigenvalue weighted by Gasteiger charge is -2.00. The van der Waals surface area contributed by atoms with Gasteiger partial charge in [-0.3, -0.25) is 0 Å². The minimum atomic E-state index is -2.35. The summed E-state index contributed by atoms with van der Waals surface area (Å²) in [5.41, 5.74) is 1.47. The molecule has 0 saturated carbocycles. The number of hydrogen-bond acceptors (Lipinski definition) is 3. The van der Waals surface area contributed by atoms with Crippen LogP contribution in [0.4, 0.5) is 8.78 Å². The maximum atomic E-state index is 11.9. The summed E-state index contributed by atoms with van der Waals surface area (Å²) in [4.78, 5) is 1.47. The molecule has 0 spiro atoms. The number of benzene rings is 1. The molecule has 4 nitrogen and oxygen atoms in total. The first-order chi connectivity index (χ1) is 8.25. The highest BCUT2D eigenvalue weighted by Gasteiger charge is 2.04. The van der Waals surface area contributed by atoms with Crippen LogP contribution in [0.5, 0.6) is 0 Å². The Morgan fingerprint density at radius 3 is 2.71 bits per heavy atom. The first-order valence-electron chi connectivity index (χ1n) is 5.21. The van der Waals surface area contributed by atoms with Crippen molar-refractivity contribution in [3.05, 3.63) is 42.2 Å². The molecule has 1 aromatic carbocycles. The van der Waals surface area contributed by atoms with Crippen LogP contribution in [0.15, 0.2) is 36.5 Å². The zero-order valence-corrected chi connectivity index (χ0v) is 9.05. The molecule has 0 aliphatic rings. The predicted octanol–water partition coefficient (Wildman–Crippen LogP) is 1.62. The molecule has 0 atom stereocenters. The molecule has 2 rings (SSSR count). The van der Waals surface area contributed by atoms with E-state index in [1.54, 1.807) is 6.20 Å². The van der Waals surface area contributed by atoms with Gasteiger partial charge in [0, 0.05) is 6.54 Å². The quantitative estimate of drug-likeness (QED) is 0.860. The molecule has 0 fully saturated rings. The SMILES string of the molecule is FC(F)CNCc1cnn(-c2ccccc2)n1. The van der Waals surface area contributed by atoms with Gasteiger partial charge in [-0.05, 0) is 12.1 Å². The second-order valence-electron chi connectivity index (χ2n) is 3.48. The zero-order chi connectivity index (χ0) is 12.1. The standard InChI is InChI=1S/C11H12F2N4/c12-11(13)8-14-6-9-7-15-17(16-9)10-4-2-1-3-5-10/h1-5,7,11,14H,6,8H2. The minimum Gasteiger partial charge on any atom is -0.306 e. The Labute approximate surface area is 97.3 Å². The van der Waals surface area contributed by atoms with Gasteiger partial charge in [-0.1, -0.05) is 18.2 Å². The lowest BCUT2D eigenvalue weighted by molar-refractivity contribution is 0.145. The van der Waals surface area contributed by atoms with E-state index < -0.39 is 6.43 Å². The molecule has 0 saturated heterocycles. The van der Waals surface area contributed by atoms with E-state index in [1.165, 1.54) is 4.80 Å². The van der Waals surface area contributed by atoms with Crippen molar-refractivity contribution < 1.29 is 8.78 Å². The molecule has 2 aromatic rings. The molecule has 1 N–H and O–H groups in total. The summed E-state index contributed by atoms with van der Waals surface area (Å²) < 4.78 is 23.8. The average Bonchev–Trinajstić information content (AvgIpc) is 2.78. The summed E-state index contributed by atoms with van der Waals surface area (Å²) >= 11 is 0. The highest BCUT2D eigenvalue weighted by molar-refractivity contribution is 5.28. The number of alkyl halides is 2. The third-order valence-corrected chi connectivity index (χ3v) is 2.13. The van der Waals surface area contributed by atoms with E-state index in [0.29, 0.717) is 5.69 Å². The van der Waals surface area contributed by atoms with Crippen LogP contribution in [-0.4, -0.2) is 28.0 Å². The summed E-state index contributed by atoms with van der Waals surface area (Å²) in [7, 11) is 0. The lowest BCUT2D eigenvalue weighted by atomic mass is 10.3. The van der Waals surface area contributed by atoms with Gasteiger partial charge in [0.25, 0.3) is 6.43 Å². The van der Waals surface area contributed by atoms with Gasteiger partial charge in [-0.25, -0.2) is 8.78 Å². The third-order valence-electron chi connectivity index (χ3n) is 2.13. The molecule has 0 aliphatic carbocycles. The number of aromatic nitrogens is 3. The molecule has 6 heteroatoms. The third kappa shape index (κ3) is 3.32. The lowest BCUT2D eigenvalue weighted by Crippen LogP contribution is -2.20. The predicted molar refractivity (Wildman–Crippen MR) is 59.1 cm³/mol. The van der Waals surface area contributed by atoms with Crippen LogP contribution >= 0.6 is 0 Å². The molecular formula is C11H12F2N4. The molecule has 0 unspecified atom stereocenters. The summed E-state index contributed by atoms with van der Waals surface area (Å²) in [5, 5.41) is 10.8. The first-order valence-corrected chi connectivity index (χ1v) is 5.21. The normalized spacial score (nSPS) is 11.0. The fourth-order valence-corrected chi connectivity index (χ4v) is 1.37. The Balaban J connectivity index is 1.97. The fraction of sp³-hybridized carbons (Fsp3) is 0.273. The van der Waals surface area contributed by atoms with Gasteiger partial charge in [0.2, 0.25) is 0 Å². The van der Waals surface area contributed by atoms with Crippen molar-refractivity contribution in [3.8, 4) is 5.69 Å². The van der Waals surface area contributed by atoms with Crippen LogP contribution in [0.2, 0.25) is 0 Å². The maximum absolute atomic E-state index is 11.9. The largest absolute Gasteiger partial charge is 0.306 e. The first kappa shape index (κ1) is 11.7. The van der Waals surface area contributed by atoms with E-state index >= 15 is 0 Å². The number of hydrogen-bond donors (Lipinski definition) is 1.